The van der Waals surface area contributed by atoms with Crippen LogP contribution in [0.4, 0.5) is 0 Å². The molecule has 0 aromatic rings. The monoisotopic (exact) mass is 321 g/mol. The first-order valence-electron chi connectivity index (χ1n) is 9.41. The van der Waals surface area contributed by atoms with Crippen molar-refractivity contribution < 1.29 is 9.59 Å². The molecule has 3 fully saturated rings. The SMILES string of the molecule is CC1CC(CN)CN1C(=O)C1CCCCC1C(=O)N1CCCC1. The van der Waals surface area contributed by atoms with Crippen molar-refractivity contribution >= 4 is 11.8 Å². The molecule has 130 valence electrons. The highest BCUT2D eigenvalue weighted by molar-refractivity contribution is 5.88. The minimum Gasteiger partial charge on any atom is -0.342 e. The normalized spacial score (nSPS) is 34.9. The van der Waals surface area contributed by atoms with Gasteiger partial charge in [-0.05, 0) is 51.5 Å². The van der Waals surface area contributed by atoms with Crippen LogP contribution in [0.5, 0.6) is 0 Å². The van der Waals surface area contributed by atoms with Gasteiger partial charge in [-0.15, -0.1) is 0 Å². The lowest BCUT2D eigenvalue weighted by molar-refractivity contribution is -0.148. The third-order valence-electron chi connectivity index (χ3n) is 6.10. The van der Waals surface area contributed by atoms with Crippen LogP contribution >= 0.6 is 0 Å². The van der Waals surface area contributed by atoms with Gasteiger partial charge >= 0.3 is 0 Å². The smallest absolute Gasteiger partial charge is 0.226 e. The number of nitrogens with two attached hydrogens (primary N) is 1. The van der Waals surface area contributed by atoms with Crippen LogP contribution in [0.1, 0.15) is 51.9 Å². The highest BCUT2D eigenvalue weighted by Gasteiger charge is 2.42. The number of amides is 2. The molecule has 5 heteroatoms. The van der Waals surface area contributed by atoms with E-state index < -0.39 is 0 Å². The van der Waals surface area contributed by atoms with Gasteiger partial charge in [-0.25, -0.2) is 0 Å². The number of carbonyl (C=O) groups is 2. The molecule has 1 aliphatic carbocycles. The fourth-order valence-corrected chi connectivity index (χ4v) is 4.73. The minimum atomic E-state index is -0.101. The van der Waals surface area contributed by atoms with E-state index in [0.717, 1.165) is 64.6 Å². The van der Waals surface area contributed by atoms with E-state index in [-0.39, 0.29) is 29.7 Å². The Morgan fingerprint density at radius 3 is 2.17 bits per heavy atom. The Morgan fingerprint density at radius 1 is 1.00 bits per heavy atom. The second kappa shape index (κ2) is 7.20. The highest BCUT2D eigenvalue weighted by atomic mass is 16.2. The molecule has 0 aromatic heterocycles. The lowest BCUT2D eigenvalue weighted by Gasteiger charge is -2.35. The van der Waals surface area contributed by atoms with Crippen LogP contribution < -0.4 is 5.73 Å². The van der Waals surface area contributed by atoms with Crippen LogP contribution in [0.15, 0.2) is 0 Å². The van der Waals surface area contributed by atoms with E-state index in [1.165, 1.54) is 0 Å². The van der Waals surface area contributed by atoms with Gasteiger partial charge in [0.2, 0.25) is 11.8 Å². The number of likely N-dealkylation sites (tertiary alicyclic amines) is 2. The zero-order chi connectivity index (χ0) is 16.4. The van der Waals surface area contributed by atoms with Gasteiger partial charge in [-0.3, -0.25) is 9.59 Å². The average molecular weight is 321 g/mol. The molecule has 2 heterocycles. The fraction of sp³-hybridized carbons (Fsp3) is 0.889. The van der Waals surface area contributed by atoms with E-state index in [0.29, 0.717) is 12.5 Å². The van der Waals surface area contributed by atoms with Crippen LogP contribution in [0.3, 0.4) is 0 Å². The summed E-state index contributed by atoms with van der Waals surface area (Å²) in [4.78, 5) is 30.0. The Bertz CT molecular complexity index is 448. The van der Waals surface area contributed by atoms with Crippen molar-refractivity contribution in [3.8, 4) is 0 Å². The summed E-state index contributed by atoms with van der Waals surface area (Å²) in [5, 5.41) is 0. The van der Waals surface area contributed by atoms with Gasteiger partial charge in [0.05, 0.1) is 0 Å². The highest BCUT2D eigenvalue weighted by Crippen LogP contribution is 2.35. The molecule has 2 aliphatic heterocycles. The molecule has 0 aromatic carbocycles. The molecule has 0 radical (unpaired) electrons. The second-order valence-corrected chi connectivity index (χ2v) is 7.71. The van der Waals surface area contributed by atoms with Crippen molar-refractivity contribution in [2.75, 3.05) is 26.2 Å². The fourth-order valence-electron chi connectivity index (χ4n) is 4.73. The van der Waals surface area contributed by atoms with Gasteiger partial charge < -0.3 is 15.5 Å². The van der Waals surface area contributed by atoms with Crippen LogP contribution in [0, 0.1) is 17.8 Å². The van der Waals surface area contributed by atoms with E-state index in [2.05, 4.69) is 6.92 Å². The maximum atomic E-state index is 13.1. The van der Waals surface area contributed by atoms with E-state index >= 15 is 0 Å². The third-order valence-corrected chi connectivity index (χ3v) is 6.10. The van der Waals surface area contributed by atoms with Crippen molar-refractivity contribution in [2.45, 2.75) is 57.9 Å². The van der Waals surface area contributed by atoms with Crippen molar-refractivity contribution in [2.24, 2.45) is 23.5 Å². The molecule has 1 saturated carbocycles. The summed E-state index contributed by atoms with van der Waals surface area (Å²) in [5.74, 6) is 0.688. The van der Waals surface area contributed by atoms with Crippen molar-refractivity contribution in [1.82, 2.24) is 9.80 Å². The first-order chi connectivity index (χ1) is 11.1. The number of hydrogen-bond acceptors (Lipinski definition) is 3. The molecule has 3 rings (SSSR count). The standard InChI is InChI=1S/C18H31N3O2/c1-13-10-14(11-19)12-21(13)18(23)16-7-3-2-6-15(16)17(22)20-8-4-5-9-20/h13-16H,2-12,19H2,1H3. The molecule has 3 aliphatic rings. The molecule has 0 spiro atoms. The Kier molecular flexibility index (Phi) is 5.24. The molecule has 2 amide bonds. The van der Waals surface area contributed by atoms with Crippen LogP contribution in [-0.2, 0) is 9.59 Å². The molecule has 5 nitrogen and oxygen atoms in total. The van der Waals surface area contributed by atoms with Crippen LogP contribution in [-0.4, -0.2) is 53.8 Å². The molecule has 4 unspecified atom stereocenters. The van der Waals surface area contributed by atoms with Crippen molar-refractivity contribution in [3.63, 3.8) is 0 Å². The summed E-state index contributed by atoms with van der Waals surface area (Å²) in [5.41, 5.74) is 5.80. The van der Waals surface area contributed by atoms with E-state index in [1.54, 1.807) is 0 Å². The van der Waals surface area contributed by atoms with Crippen molar-refractivity contribution in [1.29, 1.82) is 0 Å². The first-order valence-corrected chi connectivity index (χ1v) is 9.41. The lowest BCUT2D eigenvalue weighted by Crippen LogP contribution is -2.47. The second-order valence-electron chi connectivity index (χ2n) is 7.71. The molecular weight excluding hydrogens is 290 g/mol. The molecule has 2 N–H and O–H groups in total. The van der Waals surface area contributed by atoms with E-state index in [9.17, 15) is 9.59 Å². The molecule has 23 heavy (non-hydrogen) atoms. The average Bonchev–Trinajstić information content (AvgIpc) is 3.23. The predicted octanol–water partition coefficient (Wildman–Crippen LogP) is 1.61. The minimum absolute atomic E-state index is 0.0847. The predicted molar refractivity (Wildman–Crippen MR) is 89.6 cm³/mol. The van der Waals surface area contributed by atoms with E-state index in [4.69, 9.17) is 5.73 Å². The Balaban J connectivity index is 1.70. The molecule has 0 bridgehead atoms. The zero-order valence-corrected chi connectivity index (χ0v) is 14.4. The number of nitrogens with zero attached hydrogens (tertiary/aromatic N) is 2. The molecule has 2 saturated heterocycles. The topological polar surface area (TPSA) is 66.6 Å². The summed E-state index contributed by atoms with van der Waals surface area (Å²) in [6.45, 7) is 5.30. The molecule has 4 atom stereocenters. The quantitative estimate of drug-likeness (QED) is 0.859. The van der Waals surface area contributed by atoms with Gasteiger partial charge in [0.25, 0.3) is 0 Å². The van der Waals surface area contributed by atoms with Gasteiger partial charge in [-0.1, -0.05) is 12.8 Å². The van der Waals surface area contributed by atoms with Gasteiger partial charge in [0.1, 0.15) is 0 Å². The third kappa shape index (κ3) is 3.39. The first kappa shape index (κ1) is 16.7. The van der Waals surface area contributed by atoms with Crippen molar-refractivity contribution in [3.05, 3.63) is 0 Å². The van der Waals surface area contributed by atoms with Gasteiger partial charge in [0.15, 0.2) is 0 Å². The maximum absolute atomic E-state index is 13.1. The largest absolute Gasteiger partial charge is 0.342 e. The summed E-state index contributed by atoms with van der Waals surface area (Å²) >= 11 is 0. The lowest BCUT2D eigenvalue weighted by atomic mass is 9.77. The zero-order valence-electron chi connectivity index (χ0n) is 14.4. The summed E-state index contributed by atoms with van der Waals surface area (Å²) in [7, 11) is 0. The maximum Gasteiger partial charge on any atom is 0.226 e. The number of rotatable bonds is 3. The Hall–Kier alpha value is -1.10. The Labute approximate surface area is 139 Å². The van der Waals surface area contributed by atoms with Crippen LogP contribution in [0.2, 0.25) is 0 Å². The van der Waals surface area contributed by atoms with Gasteiger partial charge in [0, 0.05) is 37.5 Å². The Morgan fingerprint density at radius 2 is 1.61 bits per heavy atom. The summed E-state index contributed by atoms with van der Waals surface area (Å²) < 4.78 is 0. The summed E-state index contributed by atoms with van der Waals surface area (Å²) in [6.07, 6.45) is 7.13. The number of hydrogen-bond donors (Lipinski definition) is 1. The van der Waals surface area contributed by atoms with E-state index in [1.807, 2.05) is 9.80 Å². The number of carbonyl (C=O) groups excluding carboxylic acids is 2. The van der Waals surface area contributed by atoms with Crippen LogP contribution in [0.25, 0.3) is 0 Å². The molecular formula is C18H31N3O2. The summed E-state index contributed by atoms with van der Waals surface area (Å²) in [6, 6.07) is 0.264. The van der Waals surface area contributed by atoms with Gasteiger partial charge in [-0.2, -0.15) is 0 Å².